The molecule has 9 heteroatoms. The molecule has 168 valence electrons. The third kappa shape index (κ3) is 7.91. The van der Waals surface area contributed by atoms with Gasteiger partial charge in [-0.3, -0.25) is 14.4 Å². The quantitative estimate of drug-likeness (QED) is 0.255. The van der Waals surface area contributed by atoms with E-state index in [0.717, 1.165) is 32.6 Å². The highest BCUT2D eigenvalue weighted by Gasteiger charge is 2.55. The molecule has 0 amide bonds. The van der Waals surface area contributed by atoms with Crippen molar-refractivity contribution in [3.63, 3.8) is 0 Å². The van der Waals surface area contributed by atoms with Crippen LogP contribution in [-0.2, 0) is 28.6 Å². The topological polar surface area (TPSA) is 140 Å². The van der Waals surface area contributed by atoms with Gasteiger partial charge in [0.15, 0.2) is 18.3 Å². The molecule has 0 bridgehead atoms. The summed E-state index contributed by atoms with van der Waals surface area (Å²) in [5.41, 5.74) is 0. The standard InChI is InChI=1S/C20H34O9/c1-4-6-8-10-13(22)28-18-16(25)15(24)17(26)19(20(18)27-12(3)21)29-14(23)11-9-7-5-2/h15-20,24-26H,4-11H2,1-3H3/t15?,16-,17+,18-,19-,20?/m0/s1. The second kappa shape index (κ2) is 12.8. The zero-order valence-corrected chi connectivity index (χ0v) is 17.4. The first kappa shape index (κ1) is 25.3. The molecule has 1 aliphatic carbocycles. The maximum absolute atomic E-state index is 12.1. The molecule has 0 heterocycles. The number of unbranched alkanes of at least 4 members (excludes halogenated alkanes) is 4. The van der Waals surface area contributed by atoms with E-state index in [0.29, 0.717) is 12.8 Å². The average Bonchev–Trinajstić information content (AvgIpc) is 2.66. The van der Waals surface area contributed by atoms with Crippen LogP contribution in [0.25, 0.3) is 0 Å². The Labute approximate surface area is 171 Å². The molecule has 0 saturated heterocycles. The first-order valence-electron chi connectivity index (χ1n) is 10.3. The van der Waals surface area contributed by atoms with E-state index in [1.54, 1.807) is 0 Å². The Balaban J connectivity index is 2.96. The van der Waals surface area contributed by atoms with Crippen molar-refractivity contribution in [2.75, 3.05) is 0 Å². The fourth-order valence-corrected chi connectivity index (χ4v) is 3.23. The van der Waals surface area contributed by atoms with Gasteiger partial charge in [-0.05, 0) is 12.8 Å². The Morgan fingerprint density at radius 1 is 0.655 bits per heavy atom. The Kier molecular flexibility index (Phi) is 11.2. The van der Waals surface area contributed by atoms with E-state index in [-0.39, 0.29) is 12.8 Å². The van der Waals surface area contributed by atoms with Crippen molar-refractivity contribution in [1.29, 1.82) is 0 Å². The molecule has 6 atom stereocenters. The largest absolute Gasteiger partial charge is 0.455 e. The SMILES string of the molecule is CCCCCC(=O)O[C@@H]1C(OC(C)=O)[C@@H](OC(=O)CCCCC)[C@@H](O)C(O)[C@H]1O. The lowest BCUT2D eigenvalue weighted by atomic mass is 9.84. The zero-order valence-electron chi connectivity index (χ0n) is 17.4. The molecule has 9 nitrogen and oxygen atoms in total. The summed E-state index contributed by atoms with van der Waals surface area (Å²) in [5.74, 6) is -2.06. The van der Waals surface area contributed by atoms with Crippen molar-refractivity contribution in [3.05, 3.63) is 0 Å². The summed E-state index contributed by atoms with van der Waals surface area (Å²) in [7, 11) is 0. The van der Waals surface area contributed by atoms with E-state index in [1.807, 2.05) is 13.8 Å². The third-order valence-electron chi connectivity index (χ3n) is 4.83. The second-order valence-electron chi connectivity index (χ2n) is 7.37. The van der Waals surface area contributed by atoms with Gasteiger partial charge in [0.1, 0.15) is 18.3 Å². The summed E-state index contributed by atoms with van der Waals surface area (Å²) in [6, 6.07) is 0. The van der Waals surface area contributed by atoms with Crippen molar-refractivity contribution in [1.82, 2.24) is 0 Å². The predicted octanol–water partition coefficient (Wildman–Crippen LogP) is 0.999. The summed E-state index contributed by atoms with van der Waals surface area (Å²) >= 11 is 0. The van der Waals surface area contributed by atoms with Crippen molar-refractivity contribution in [3.8, 4) is 0 Å². The van der Waals surface area contributed by atoms with Gasteiger partial charge in [0.05, 0.1) is 0 Å². The summed E-state index contributed by atoms with van der Waals surface area (Å²) in [6.45, 7) is 5.05. The number of aliphatic hydroxyl groups excluding tert-OH is 3. The molecule has 1 saturated carbocycles. The van der Waals surface area contributed by atoms with Crippen LogP contribution in [0.1, 0.15) is 72.1 Å². The van der Waals surface area contributed by atoms with E-state index < -0.39 is 54.5 Å². The minimum atomic E-state index is -1.75. The van der Waals surface area contributed by atoms with E-state index in [1.165, 1.54) is 0 Å². The lowest BCUT2D eigenvalue weighted by Gasteiger charge is -2.43. The molecule has 29 heavy (non-hydrogen) atoms. The molecule has 0 radical (unpaired) electrons. The van der Waals surface area contributed by atoms with Gasteiger partial charge in [0.2, 0.25) is 0 Å². The highest BCUT2D eigenvalue weighted by molar-refractivity contribution is 5.71. The Hall–Kier alpha value is -1.71. The van der Waals surface area contributed by atoms with Crippen LogP contribution in [0, 0.1) is 0 Å². The molecule has 0 aromatic carbocycles. The Morgan fingerprint density at radius 3 is 1.41 bits per heavy atom. The van der Waals surface area contributed by atoms with Gasteiger partial charge >= 0.3 is 17.9 Å². The van der Waals surface area contributed by atoms with Crippen molar-refractivity contribution >= 4 is 17.9 Å². The van der Waals surface area contributed by atoms with Crippen LogP contribution < -0.4 is 0 Å². The number of hydrogen-bond acceptors (Lipinski definition) is 9. The molecule has 1 rings (SSSR count). The van der Waals surface area contributed by atoms with Crippen molar-refractivity contribution in [2.24, 2.45) is 0 Å². The monoisotopic (exact) mass is 418 g/mol. The fourth-order valence-electron chi connectivity index (χ4n) is 3.23. The maximum atomic E-state index is 12.1. The highest BCUT2D eigenvalue weighted by atomic mass is 16.6. The van der Waals surface area contributed by atoms with Crippen LogP contribution in [0.4, 0.5) is 0 Å². The van der Waals surface area contributed by atoms with Crippen molar-refractivity contribution in [2.45, 2.75) is 109 Å². The van der Waals surface area contributed by atoms with Gasteiger partial charge in [0.25, 0.3) is 0 Å². The van der Waals surface area contributed by atoms with E-state index in [2.05, 4.69) is 0 Å². The van der Waals surface area contributed by atoms with Crippen LogP contribution in [-0.4, -0.2) is 69.9 Å². The number of rotatable bonds is 11. The van der Waals surface area contributed by atoms with Crippen LogP contribution in [0.15, 0.2) is 0 Å². The Morgan fingerprint density at radius 2 is 1.07 bits per heavy atom. The number of aliphatic hydroxyl groups is 3. The highest BCUT2D eigenvalue weighted by Crippen LogP contribution is 2.29. The van der Waals surface area contributed by atoms with Gasteiger partial charge in [-0.1, -0.05) is 39.5 Å². The predicted molar refractivity (Wildman–Crippen MR) is 102 cm³/mol. The normalized spacial score (nSPS) is 29.2. The molecular weight excluding hydrogens is 384 g/mol. The van der Waals surface area contributed by atoms with Crippen LogP contribution in [0.3, 0.4) is 0 Å². The van der Waals surface area contributed by atoms with Crippen LogP contribution >= 0.6 is 0 Å². The molecule has 0 aromatic heterocycles. The second-order valence-corrected chi connectivity index (χ2v) is 7.37. The molecule has 1 aliphatic rings. The molecule has 3 N–H and O–H groups in total. The zero-order chi connectivity index (χ0) is 22.0. The number of carbonyl (C=O) groups is 3. The maximum Gasteiger partial charge on any atom is 0.306 e. The lowest BCUT2D eigenvalue weighted by molar-refractivity contribution is -0.247. The Bertz CT molecular complexity index is 498. The van der Waals surface area contributed by atoms with E-state index in [9.17, 15) is 29.7 Å². The number of carbonyl (C=O) groups excluding carboxylic acids is 3. The van der Waals surface area contributed by atoms with Gasteiger partial charge in [-0.2, -0.15) is 0 Å². The van der Waals surface area contributed by atoms with E-state index >= 15 is 0 Å². The first-order valence-corrected chi connectivity index (χ1v) is 10.3. The van der Waals surface area contributed by atoms with Gasteiger partial charge < -0.3 is 29.5 Å². The van der Waals surface area contributed by atoms with Gasteiger partial charge in [0, 0.05) is 19.8 Å². The van der Waals surface area contributed by atoms with Gasteiger partial charge in [-0.25, -0.2) is 0 Å². The van der Waals surface area contributed by atoms with Crippen LogP contribution in [0.5, 0.6) is 0 Å². The molecule has 0 aliphatic heterocycles. The summed E-state index contributed by atoms with van der Waals surface area (Å²) in [6.07, 6.45) is -4.78. The number of hydrogen-bond donors (Lipinski definition) is 3. The van der Waals surface area contributed by atoms with Crippen molar-refractivity contribution < 1.29 is 43.9 Å². The average molecular weight is 418 g/mol. The molecule has 1 fully saturated rings. The molecule has 0 aromatic rings. The summed E-state index contributed by atoms with van der Waals surface area (Å²) in [4.78, 5) is 35.8. The first-order chi connectivity index (χ1) is 13.7. The lowest BCUT2D eigenvalue weighted by Crippen LogP contribution is -2.66. The number of ether oxygens (including phenoxy) is 3. The number of esters is 3. The minimum absolute atomic E-state index is 0.0873. The molecule has 0 spiro atoms. The van der Waals surface area contributed by atoms with E-state index in [4.69, 9.17) is 14.2 Å². The fraction of sp³-hybridized carbons (Fsp3) is 0.850. The third-order valence-corrected chi connectivity index (χ3v) is 4.83. The molecular formula is C20H34O9. The summed E-state index contributed by atoms with van der Waals surface area (Å²) in [5, 5.41) is 30.8. The smallest absolute Gasteiger partial charge is 0.306 e. The van der Waals surface area contributed by atoms with Crippen LogP contribution in [0.2, 0.25) is 0 Å². The molecule has 2 unspecified atom stereocenters. The minimum Gasteiger partial charge on any atom is -0.455 e. The summed E-state index contributed by atoms with van der Waals surface area (Å²) < 4.78 is 15.7. The van der Waals surface area contributed by atoms with Gasteiger partial charge in [-0.15, -0.1) is 0 Å².